The van der Waals surface area contributed by atoms with Crippen molar-refractivity contribution in [1.82, 2.24) is 15.1 Å². The maximum Gasteiger partial charge on any atom is 0.123 e. The van der Waals surface area contributed by atoms with Crippen LogP contribution in [0.15, 0.2) is 24.3 Å². The van der Waals surface area contributed by atoms with Crippen molar-refractivity contribution in [3.05, 3.63) is 35.6 Å². The molecular weight excluding hydrogens is 305 g/mol. The Morgan fingerprint density at radius 1 is 1.41 bits per heavy atom. The molecule has 22 heavy (non-hydrogen) atoms. The van der Waals surface area contributed by atoms with Gasteiger partial charge in [-0.05, 0) is 38.2 Å². The molecule has 1 aromatic carbocycles. The molecule has 126 valence electrons. The monoisotopic (exact) mass is 331 g/mol. The molecule has 0 amide bonds. The predicted molar refractivity (Wildman–Crippen MR) is 89.9 cm³/mol. The van der Waals surface area contributed by atoms with Crippen molar-refractivity contribution >= 4 is 12.4 Å². The van der Waals surface area contributed by atoms with Gasteiger partial charge in [0.1, 0.15) is 5.82 Å². The molecule has 0 radical (unpaired) electrons. The highest BCUT2D eigenvalue weighted by molar-refractivity contribution is 5.85. The lowest BCUT2D eigenvalue weighted by Crippen LogP contribution is -2.53. The van der Waals surface area contributed by atoms with E-state index in [1.54, 1.807) is 12.1 Å². The summed E-state index contributed by atoms with van der Waals surface area (Å²) in [5.41, 5.74) is 0.959. The largest absolute Gasteiger partial charge is 0.390 e. The van der Waals surface area contributed by atoms with E-state index < -0.39 is 0 Å². The third-order valence-electron chi connectivity index (χ3n) is 3.93. The SMILES string of the molecule is CN(C)CCN[C@@H]1CCN(Cc2cccc(F)c2)C[C@H]1O.Cl. The molecule has 2 N–H and O–H groups in total. The second-order valence-electron chi connectivity index (χ2n) is 6.08. The minimum Gasteiger partial charge on any atom is -0.390 e. The van der Waals surface area contributed by atoms with E-state index in [1.165, 1.54) is 6.07 Å². The van der Waals surface area contributed by atoms with Gasteiger partial charge in [0.25, 0.3) is 0 Å². The van der Waals surface area contributed by atoms with Gasteiger partial charge in [0.05, 0.1) is 6.10 Å². The smallest absolute Gasteiger partial charge is 0.123 e. The fourth-order valence-electron chi connectivity index (χ4n) is 2.75. The van der Waals surface area contributed by atoms with Crippen molar-refractivity contribution in [1.29, 1.82) is 0 Å². The number of nitrogens with zero attached hydrogens (tertiary/aromatic N) is 2. The lowest BCUT2D eigenvalue weighted by molar-refractivity contribution is 0.0367. The molecule has 0 aromatic heterocycles. The molecule has 1 fully saturated rings. The Kier molecular flexibility index (Phi) is 8.28. The summed E-state index contributed by atoms with van der Waals surface area (Å²) in [6.45, 7) is 4.11. The van der Waals surface area contributed by atoms with Crippen molar-refractivity contribution in [2.75, 3.05) is 40.3 Å². The van der Waals surface area contributed by atoms with Crippen LogP contribution in [-0.4, -0.2) is 67.3 Å². The number of benzene rings is 1. The molecule has 1 aliphatic heterocycles. The molecule has 0 unspecified atom stereocenters. The Hall–Kier alpha value is -0.720. The van der Waals surface area contributed by atoms with Gasteiger partial charge < -0.3 is 15.3 Å². The van der Waals surface area contributed by atoms with Crippen LogP contribution in [0.3, 0.4) is 0 Å². The fourth-order valence-corrected chi connectivity index (χ4v) is 2.75. The summed E-state index contributed by atoms with van der Waals surface area (Å²) >= 11 is 0. The Morgan fingerprint density at radius 2 is 2.18 bits per heavy atom. The Morgan fingerprint density at radius 3 is 2.82 bits per heavy atom. The van der Waals surface area contributed by atoms with Gasteiger partial charge in [0.2, 0.25) is 0 Å². The van der Waals surface area contributed by atoms with E-state index in [0.717, 1.165) is 31.6 Å². The van der Waals surface area contributed by atoms with Gasteiger partial charge in [-0.25, -0.2) is 4.39 Å². The molecule has 4 nitrogen and oxygen atoms in total. The number of piperidine rings is 1. The molecule has 2 atom stereocenters. The second-order valence-corrected chi connectivity index (χ2v) is 6.08. The van der Waals surface area contributed by atoms with E-state index in [4.69, 9.17) is 0 Å². The first-order valence-electron chi connectivity index (χ1n) is 7.57. The lowest BCUT2D eigenvalue weighted by atomic mass is 10.0. The molecule has 0 spiro atoms. The minimum atomic E-state index is -0.366. The lowest BCUT2D eigenvalue weighted by Gasteiger charge is -2.36. The van der Waals surface area contributed by atoms with Crippen molar-refractivity contribution < 1.29 is 9.50 Å². The molecule has 0 saturated carbocycles. The number of aliphatic hydroxyl groups is 1. The highest BCUT2D eigenvalue weighted by Crippen LogP contribution is 2.15. The first-order valence-corrected chi connectivity index (χ1v) is 7.57. The van der Waals surface area contributed by atoms with Gasteiger partial charge >= 0.3 is 0 Å². The average molecular weight is 332 g/mol. The highest BCUT2D eigenvalue weighted by atomic mass is 35.5. The molecule has 6 heteroatoms. The van der Waals surface area contributed by atoms with E-state index in [2.05, 4.69) is 15.1 Å². The number of aliphatic hydroxyl groups excluding tert-OH is 1. The van der Waals surface area contributed by atoms with Crippen LogP contribution in [-0.2, 0) is 6.54 Å². The van der Waals surface area contributed by atoms with E-state index in [9.17, 15) is 9.50 Å². The molecule has 1 heterocycles. The standard InChI is InChI=1S/C16H26FN3O.ClH/c1-19(2)9-7-18-15-6-8-20(12-16(15)21)11-13-4-3-5-14(17)10-13;/h3-5,10,15-16,18,21H,6-9,11-12H2,1-2H3;1H/t15-,16-;/m1./s1. The molecule has 0 bridgehead atoms. The number of likely N-dealkylation sites (N-methyl/N-ethyl adjacent to an activating group) is 1. The quantitative estimate of drug-likeness (QED) is 0.825. The van der Waals surface area contributed by atoms with Gasteiger partial charge in [-0.2, -0.15) is 0 Å². The zero-order chi connectivity index (χ0) is 15.2. The van der Waals surface area contributed by atoms with Crippen LogP contribution in [0.1, 0.15) is 12.0 Å². The summed E-state index contributed by atoms with van der Waals surface area (Å²) in [6, 6.07) is 6.84. The highest BCUT2D eigenvalue weighted by Gasteiger charge is 2.27. The number of likely N-dealkylation sites (tertiary alicyclic amines) is 1. The zero-order valence-corrected chi connectivity index (χ0v) is 14.2. The van der Waals surface area contributed by atoms with Gasteiger partial charge in [-0.3, -0.25) is 4.90 Å². The number of halogens is 2. The summed E-state index contributed by atoms with van der Waals surface area (Å²) in [5.74, 6) is -0.201. The van der Waals surface area contributed by atoms with Crippen molar-refractivity contribution in [2.45, 2.75) is 25.1 Å². The van der Waals surface area contributed by atoms with Crippen LogP contribution in [0.4, 0.5) is 4.39 Å². The molecular formula is C16H27ClFN3O. The Bertz CT molecular complexity index is 447. The second kappa shape index (κ2) is 9.43. The van der Waals surface area contributed by atoms with Crippen molar-refractivity contribution in [2.24, 2.45) is 0 Å². The zero-order valence-electron chi connectivity index (χ0n) is 13.3. The van der Waals surface area contributed by atoms with E-state index in [0.29, 0.717) is 13.1 Å². The van der Waals surface area contributed by atoms with Crippen molar-refractivity contribution in [3.8, 4) is 0 Å². The van der Waals surface area contributed by atoms with Gasteiger partial charge in [-0.1, -0.05) is 12.1 Å². The third kappa shape index (κ3) is 6.18. The van der Waals surface area contributed by atoms with E-state index in [1.807, 2.05) is 20.2 Å². The van der Waals surface area contributed by atoms with Gasteiger partial charge in [-0.15, -0.1) is 12.4 Å². The van der Waals surface area contributed by atoms with E-state index in [-0.39, 0.29) is 30.4 Å². The minimum absolute atomic E-state index is 0. The topological polar surface area (TPSA) is 38.7 Å². The van der Waals surface area contributed by atoms with Gasteiger partial charge in [0, 0.05) is 38.8 Å². The summed E-state index contributed by atoms with van der Waals surface area (Å²) in [5, 5.41) is 13.7. The van der Waals surface area contributed by atoms with Crippen LogP contribution in [0.2, 0.25) is 0 Å². The molecule has 0 aliphatic carbocycles. The first kappa shape index (κ1) is 19.3. The number of hydrogen-bond acceptors (Lipinski definition) is 4. The number of hydrogen-bond donors (Lipinski definition) is 2. The summed E-state index contributed by atoms with van der Waals surface area (Å²) in [7, 11) is 4.08. The van der Waals surface area contributed by atoms with Gasteiger partial charge in [0.15, 0.2) is 0 Å². The van der Waals surface area contributed by atoms with Crippen LogP contribution < -0.4 is 5.32 Å². The first-order chi connectivity index (χ1) is 10.0. The normalized spacial score (nSPS) is 22.6. The fraction of sp³-hybridized carbons (Fsp3) is 0.625. The van der Waals surface area contributed by atoms with Crippen LogP contribution in [0.5, 0.6) is 0 Å². The maximum atomic E-state index is 13.2. The summed E-state index contributed by atoms with van der Waals surface area (Å²) in [4.78, 5) is 4.31. The third-order valence-corrected chi connectivity index (χ3v) is 3.93. The molecule has 1 saturated heterocycles. The van der Waals surface area contributed by atoms with Crippen molar-refractivity contribution in [3.63, 3.8) is 0 Å². The number of rotatable bonds is 6. The molecule has 1 aliphatic rings. The van der Waals surface area contributed by atoms with E-state index >= 15 is 0 Å². The Balaban J connectivity index is 0.00000242. The van der Waals surface area contributed by atoms with Crippen LogP contribution >= 0.6 is 12.4 Å². The molecule has 2 rings (SSSR count). The maximum absolute atomic E-state index is 13.2. The Labute approximate surface area is 138 Å². The predicted octanol–water partition coefficient (Wildman–Crippen LogP) is 1.33. The number of β-amino-alcohol motifs (C(OH)–C–C–N with tert-alkyl or cyclic N) is 1. The number of nitrogens with one attached hydrogen (secondary N) is 1. The summed E-state index contributed by atoms with van der Waals surface area (Å²) < 4.78 is 13.2. The summed E-state index contributed by atoms with van der Waals surface area (Å²) in [6.07, 6.45) is 0.554. The van der Waals surface area contributed by atoms with Crippen LogP contribution in [0, 0.1) is 5.82 Å². The molecule has 1 aromatic rings. The van der Waals surface area contributed by atoms with Crippen LogP contribution in [0.25, 0.3) is 0 Å². The average Bonchev–Trinajstić information content (AvgIpc) is 2.41.